The van der Waals surface area contributed by atoms with E-state index in [-0.39, 0.29) is 11.8 Å². The highest BCUT2D eigenvalue weighted by Gasteiger charge is 2.26. The van der Waals surface area contributed by atoms with Crippen LogP contribution in [0.2, 0.25) is 0 Å². The van der Waals surface area contributed by atoms with Crippen LogP contribution in [0, 0.1) is 0 Å². The lowest BCUT2D eigenvalue weighted by Gasteiger charge is -2.23. The van der Waals surface area contributed by atoms with Crippen LogP contribution < -0.4 is 15.4 Å². The molecule has 0 bridgehead atoms. The Kier molecular flexibility index (Phi) is 5.04. The van der Waals surface area contributed by atoms with Gasteiger partial charge in [0.15, 0.2) is 0 Å². The van der Waals surface area contributed by atoms with Gasteiger partial charge < -0.3 is 15.4 Å². The molecule has 1 atom stereocenters. The van der Waals surface area contributed by atoms with Gasteiger partial charge in [0.25, 0.3) is 5.91 Å². The maximum absolute atomic E-state index is 12.6. The SMILES string of the molecule is CCC1CCCN1CNC(=O)c1ccc(NC(C)=O)c2c1OCC2. The number of hydrogen-bond donors (Lipinski definition) is 2. The second-order valence-corrected chi connectivity index (χ2v) is 6.43. The minimum absolute atomic E-state index is 0.121. The lowest BCUT2D eigenvalue weighted by atomic mass is 10.0. The van der Waals surface area contributed by atoms with Crippen molar-refractivity contribution in [2.75, 3.05) is 25.1 Å². The number of nitrogens with zero attached hydrogens (tertiary/aromatic N) is 1. The van der Waals surface area contributed by atoms with Crippen molar-refractivity contribution in [2.45, 2.75) is 45.6 Å². The maximum atomic E-state index is 12.6. The van der Waals surface area contributed by atoms with Gasteiger partial charge in [-0.1, -0.05) is 6.92 Å². The zero-order valence-corrected chi connectivity index (χ0v) is 14.4. The fourth-order valence-corrected chi connectivity index (χ4v) is 3.62. The molecule has 1 fully saturated rings. The molecular formula is C18H25N3O3. The van der Waals surface area contributed by atoms with E-state index in [4.69, 9.17) is 4.74 Å². The summed E-state index contributed by atoms with van der Waals surface area (Å²) >= 11 is 0. The molecule has 1 unspecified atom stereocenters. The van der Waals surface area contributed by atoms with Gasteiger partial charge in [-0.3, -0.25) is 14.5 Å². The molecular weight excluding hydrogens is 306 g/mol. The summed E-state index contributed by atoms with van der Waals surface area (Å²) in [6.45, 7) is 5.81. The zero-order chi connectivity index (χ0) is 17.1. The van der Waals surface area contributed by atoms with Crippen LogP contribution in [0.5, 0.6) is 5.75 Å². The predicted molar refractivity (Wildman–Crippen MR) is 92.3 cm³/mol. The fraction of sp³-hybridized carbons (Fsp3) is 0.556. The highest BCUT2D eigenvalue weighted by atomic mass is 16.5. The number of likely N-dealkylation sites (tertiary alicyclic amines) is 1. The third-order valence-corrected chi connectivity index (χ3v) is 4.83. The Morgan fingerprint density at radius 2 is 2.21 bits per heavy atom. The number of benzene rings is 1. The molecule has 2 aliphatic rings. The second-order valence-electron chi connectivity index (χ2n) is 6.43. The summed E-state index contributed by atoms with van der Waals surface area (Å²) in [5, 5.41) is 5.82. The Labute approximate surface area is 142 Å². The number of amides is 2. The average molecular weight is 331 g/mol. The highest BCUT2D eigenvalue weighted by molar-refractivity contribution is 5.99. The van der Waals surface area contributed by atoms with Gasteiger partial charge in [0.05, 0.1) is 18.8 Å². The quantitative estimate of drug-likeness (QED) is 0.867. The van der Waals surface area contributed by atoms with Crippen LogP contribution in [-0.4, -0.2) is 42.6 Å². The molecule has 3 rings (SSSR count). The Morgan fingerprint density at radius 3 is 2.96 bits per heavy atom. The monoisotopic (exact) mass is 331 g/mol. The fourth-order valence-electron chi connectivity index (χ4n) is 3.62. The first kappa shape index (κ1) is 16.8. The molecule has 0 aliphatic carbocycles. The van der Waals surface area contributed by atoms with Crippen molar-refractivity contribution in [3.8, 4) is 5.75 Å². The Morgan fingerprint density at radius 1 is 1.38 bits per heavy atom. The van der Waals surface area contributed by atoms with Gasteiger partial charge in [0.1, 0.15) is 5.75 Å². The van der Waals surface area contributed by atoms with Crippen molar-refractivity contribution in [3.63, 3.8) is 0 Å². The highest BCUT2D eigenvalue weighted by Crippen LogP contribution is 2.35. The molecule has 0 saturated carbocycles. The number of anilines is 1. The van der Waals surface area contributed by atoms with Crippen molar-refractivity contribution in [2.24, 2.45) is 0 Å². The van der Waals surface area contributed by atoms with Crippen molar-refractivity contribution in [1.82, 2.24) is 10.2 Å². The number of carbonyl (C=O) groups excluding carboxylic acids is 2. The molecule has 1 aromatic rings. The lowest BCUT2D eigenvalue weighted by molar-refractivity contribution is -0.114. The number of fused-ring (bicyclic) bond motifs is 1. The zero-order valence-electron chi connectivity index (χ0n) is 14.4. The predicted octanol–water partition coefficient (Wildman–Crippen LogP) is 2.14. The summed E-state index contributed by atoms with van der Waals surface area (Å²) in [5.41, 5.74) is 2.19. The first-order chi connectivity index (χ1) is 11.6. The molecule has 0 aromatic heterocycles. The van der Waals surface area contributed by atoms with Gasteiger partial charge in [0.2, 0.25) is 5.91 Å². The van der Waals surface area contributed by atoms with Crippen LogP contribution in [0.3, 0.4) is 0 Å². The van der Waals surface area contributed by atoms with Crippen LogP contribution in [0.15, 0.2) is 12.1 Å². The normalized spacial score (nSPS) is 19.7. The second kappa shape index (κ2) is 7.21. The lowest BCUT2D eigenvalue weighted by Crippen LogP contribution is -2.40. The molecule has 130 valence electrons. The molecule has 6 heteroatoms. The van der Waals surface area contributed by atoms with E-state index >= 15 is 0 Å². The van der Waals surface area contributed by atoms with Gasteiger partial charge >= 0.3 is 0 Å². The summed E-state index contributed by atoms with van der Waals surface area (Å²) in [6.07, 6.45) is 4.21. The number of carbonyl (C=O) groups is 2. The molecule has 2 aliphatic heterocycles. The Bertz CT molecular complexity index is 645. The first-order valence-corrected chi connectivity index (χ1v) is 8.68. The molecule has 2 heterocycles. The van der Waals surface area contributed by atoms with Gasteiger partial charge in [-0.25, -0.2) is 0 Å². The topological polar surface area (TPSA) is 70.7 Å². The summed E-state index contributed by atoms with van der Waals surface area (Å²) in [6, 6.07) is 4.08. The van der Waals surface area contributed by atoms with E-state index in [1.165, 1.54) is 19.8 Å². The summed E-state index contributed by atoms with van der Waals surface area (Å²) < 4.78 is 5.66. The van der Waals surface area contributed by atoms with Crippen LogP contribution >= 0.6 is 0 Å². The Balaban J connectivity index is 1.71. The van der Waals surface area contributed by atoms with E-state index < -0.39 is 0 Å². The van der Waals surface area contributed by atoms with E-state index in [9.17, 15) is 9.59 Å². The van der Waals surface area contributed by atoms with Crippen LogP contribution in [0.25, 0.3) is 0 Å². The largest absolute Gasteiger partial charge is 0.492 e. The third kappa shape index (κ3) is 3.38. The third-order valence-electron chi connectivity index (χ3n) is 4.83. The molecule has 6 nitrogen and oxygen atoms in total. The molecule has 2 amide bonds. The van der Waals surface area contributed by atoms with E-state index in [1.807, 2.05) is 0 Å². The summed E-state index contributed by atoms with van der Waals surface area (Å²) in [4.78, 5) is 26.2. The number of rotatable bonds is 5. The molecule has 2 N–H and O–H groups in total. The van der Waals surface area contributed by atoms with Crippen molar-refractivity contribution >= 4 is 17.5 Å². The van der Waals surface area contributed by atoms with Gasteiger partial charge in [0, 0.05) is 37.2 Å². The van der Waals surface area contributed by atoms with Crippen molar-refractivity contribution in [3.05, 3.63) is 23.3 Å². The first-order valence-electron chi connectivity index (χ1n) is 8.68. The maximum Gasteiger partial charge on any atom is 0.256 e. The van der Waals surface area contributed by atoms with E-state index in [1.54, 1.807) is 12.1 Å². The number of nitrogens with one attached hydrogen (secondary N) is 2. The van der Waals surface area contributed by atoms with Crippen LogP contribution in [-0.2, 0) is 11.2 Å². The molecule has 0 spiro atoms. The van der Waals surface area contributed by atoms with Gasteiger partial charge in [-0.05, 0) is 31.4 Å². The number of ether oxygens (including phenoxy) is 1. The van der Waals surface area contributed by atoms with Gasteiger partial charge in [-0.15, -0.1) is 0 Å². The number of hydrogen-bond acceptors (Lipinski definition) is 4. The minimum Gasteiger partial charge on any atom is -0.492 e. The summed E-state index contributed by atoms with van der Waals surface area (Å²) in [5.74, 6) is 0.359. The molecule has 1 aromatic carbocycles. The van der Waals surface area contributed by atoms with E-state index in [0.29, 0.717) is 37.1 Å². The van der Waals surface area contributed by atoms with Crippen molar-refractivity contribution in [1.29, 1.82) is 0 Å². The van der Waals surface area contributed by atoms with E-state index in [2.05, 4.69) is 22.5 Å². The van der Waals surface area contributed by atoms with Crippen LogP contribution in [0.4, 0.5) is 5.69 Å². The standard InChI is InChI=1S/C18H25N3O3/c1-3-13-5-4-9-21(13)11-19-18(23)15-6-7-16(20-12(2)22)14-8-10-24-17(14)15/h6-7,13H,3-5,8-11H2,1-2H3,(H,19,23)(H,20,22). The van der Waals surface area contributed by atoms with Gasteiger partial charge in [-0.2, -0.15) is 0 Å². The Hall–Kier alpha value is -2.08. The molecule has 24 heavy (non-hydrogen) atoms. The average Bonchev–Trinajstić information content (AvgIpc) is 3.21. The van der Waals surface area contributed by atoms with Crippen molar-refractivity contribution < 1.29 is 14.3 Å². The summed E-state index contributed by atoms with van der Waals surface area (Å²) in [7, 11) is 0. The van der Waals surface area contributed by atoms with Crippen LogP contribution in [0.1, 0.15) is 49.0 Å². The smallest absolute Gasteiger partial charge is 0.256 e. The minimum atomic E-state index is -0.124. The van der Waals surface area contributed by atoms with E-state index in [0.717, 1.165) is 24.2 Å². The molecule has 1 saturated heterocycles. The molecule has 0 radical (unpaired) electrons.